The smallest absolute Gasteiger partial charge is 0.265 e. The number of hydrogen-bond donors (Lipinski definition) is 0. The van der Waals surface area contributed by atoms with Gasteiger partial charge in [0.25, 0.3) is 5.91 Å². The number of nitrogens with zero attached hydrogens (tertiary/aromatic N) is 3. The number of hydrogen-bond acceptors (Lipinski definition) is 5. The minimum absolute atomic E-state index is 0.0925. The van der Waals surface area contributed by atoms with Gasteiger partial charge in [-0.1, -0.05) is 67.7 Å². The fourth-order valence-corrected chi connectivity index (χ4v) is 4.35. The van der Waals surface area contributed by atoms with Crippen molar-refractivity contribution in [3.05, 3.63) is 71.3 Å². The summed E-state index contributed by atoms with van der Waals surface area (Å²) in [7, 11) is 1.70. The highest BCUT2D eigenvalue weighted by Crippen LogP contribution is 2.34. The van der Waals surface area contributed by atoms with Crippen molar-refractivity contribution in [1.29, 1.82) is 0 Å². The molecule has 2 heterocycles. The molecule has 1 fully saturated rings. The molecule has 158 valence electrons. The Bertz CT molecular complexity index is 1140. The second-order valence-electron chi connectivity index (χ2n) is 7.18. The van der Waals surface area contributed by atoms with Crippen molar-refractivity contribution in [3.63, 3.8) is 0 Å². The van der Waals surface area contributed by atoms with Crippen LogP contribution in [0.15, 0.2) is 65.7 Å². The van der Waals surface area contributed by atoms with Crippen LogP contribution in [-0.2, 0) is 4.79 Å². The second-order valence-corrected chi connectivity index (χ2v) is 8.86. The summed E-state index contributed by atoms with van der Waals surface area (Å²) in [6.07, 6.45) is 5.91. The molecule has 1 aliphatic rings. The van der Waals surface area contributed by atoms with Gasteiger partial charge >= 0.3 is 0 Å². The lowest BCUT2D eigenvalue weighted by Gasteiger charge is -2.07. The number of thioether (sulfide) groups is 1. The van der Waals surface area contributed by atoms with Crippen molar-refractivity contribution in [1.82, 2.24) is 14.7 Å². The highest BCUT2D eigenvalue weighted by molar-refractivity contribution is 8.26. The number of likely N-dealkylation sites (N-methyl/N-ethyl adjacent to an activating group) is 1. The number of thiocarbonyl (C=S) groups is 1. The first-order valence-corrected chi connectivity index (χ1v) is 11.4. The van der Waals surface area contributed by atoms with Crippen LogP contribution >= 0.6 is 24.0 Å². The highest BCUT2D eigenvalue weighted by atomic mass is 32.2. The van der Waals surface area contributed by atoms with E-state index in [9.17, 15) is 4.79 Å². The monoisotopic (exact) mass is 449 g/mol. The molecular formula is C24H23N3O2S2. The molecule has 0 bridgehead atoms. The van der Waals surface area contributed by atoms with Gasteiger partial charge in [0, 0.05) is 24.4 Å². The first-order chi connectivity index (χ1) is 15.1. The Balaban J connectivity index is 1.76. The standard InChI is InChI=1S/C24H23N3O2S2/c1-3-4-13-29-20-12-8-9-17(14-20)22-18(15-21-23(28)26(2)24(30)31-21)16-27(25-22)19-10-6-5-7-11-19/h5-12,14-16H,3-4,13H2,1-2H3. The number of ether oxygens (including phenoxy) is 1. The fourth-order valence-electron chi connectivity index (χ4n) is 3.18. The average molecular weight is 450 g/mol. The summed E-state index contributed by atoms with van der Waals surface area (Å²) >= 11 is 6.59. The van der Waals surface area contributed by atoms with Gasteiger partial charge in [0.2, 0.25) is 0 Å². The van der Waals surface area contributed by atoms with Crippen LogP contribution in [0, 0.1) is 0 Å². The van der Waals surface area contributed by atoms with Crippen molar-refractivity contribution >= 4 is 40.3 Å². The Morgan fingerprint density at radius 3 is 2.68 bits per heavy atom. The Labute approximate surface area is 191 Å². The number of benzene rings is 2. The number of rotatable bonds is 7. The van der Waals surface area contributed by atoms with Crippen LogP contribution in [0.4, 0.5) is 0 Å². The number of carbonyl (C=O) groups excluding carboxylic acids is 1. The van der Waals surface area contributed by atoms with E-state index in [1.54, 1.807) is 7.05 Å². The number of para-hydroxylation sites is 1. The summed E-state index contributed by atoms with van der Waals surface area (Å²) in [5.74, 6) is 0.719. The third kappa shape index (κ3) is 4.73. The third-order valence-corrected chi connectivity index (χ3v) is 6.40. The zero-order chi connectivity index (χ0) is 21.8. The lowest BCUT2D eigenvalue weighted by atomic mass is 10.1. The number of carbonyl (C=O) groups is 1. The Morgan fingerprint density at radius 2 is 1.97 bits per heavy atom. The Morgan fingerprint density at radius 1 is 1.16 bits per heavy atom. The molecule has 4 rings (SSSR count). The summed E-state index contributed by atoms with van der Waals surface area (Å²) in [4.78, 5) is 14.6. The maximum absolute atomic E-state index is 12.5. The molecule has 0 saturated carbocycles. The molecule has 31 heavy (non-hydrogen) atoms. The molecule has 0 aliphatic carbocycles. The number of aromatic nitrogens is 2. The number of unbranched alkanes of at least 4 members (excludes halogenated alkanes) is 1. The lowest BCUT2D eigenvalue weighted by molar-refractivity contribution is -0.121. The van der Waals surface area contributed by atoms with Crippen molar-refractivity contribution in [2.24, 2.45) is 0 Å². The molecular weight excluding hydrogens is 426 g/mol. The largest absolute Gasteiger partial charge is 0.494 e. The molecule has 1 aliphatic heterocycles. The maximum Gasteiger partial charge on any atom is 0.265 e. The van der Waals surface area contributed by atoms with Crippen LogP contribution < -0.4 is 4.74 Å². The first-order valence-electron chi connectivity index (χ1n) is 10.2. The average Bonchev–Trinajstić information content (AvgIpc) is 3.32. The van der Waals surface area contributed by atoms with Gasteiger partial charge in [-0.3, -0.25) is 9.69 Å². The summed E-state index contributed by atoms with van der Waals surface area (Å²) in [6.45, 7) is 2.82. The van der Waals surface area contributed by atoms with E-state index in [1.807, 2.05) is 71.6 Å². The van der Waals surface area contributed by atoms with E-state index in [4.69, 9.17) is 22.1 Å². The van der Waals surface area contributed by atoms with E-state index >= 15 is 0 Å². The molecule has 3 aromatic rings. The van der Waals surface area contributed by atoms with Crippen molar-refractivity contribution in [2.75, 3.05) is 13.7 Å². The summed E-state index contributed by atoms with van der Waals surface area (Å²) < 4.78 is 8.27. The molecule has 5 nitrogen and oxygen atoms in total. The predicted molar refractivity (Wildman–Crippen MR) is 130 cm³/mol. The van der Waals surface area contributed by atoms with Crippen LogP contribution in [0.25, 0.3) is 23.0 Å². The molecule has 2 aromatic carbocycles. The molecule has 0 atom stereocenters. The topological polar surface area (TPSA) is 47.4 Å². The lowest BCUT2D eigenvalue weighted by Crippen LogP contribution is -2.22. The quantitative estimate of drug-likeness (QED) is 0.269. The summed E-state index contributed by atoms with van der Waals surface area (Å²) in [5.41, 5.74) is 3.51. The van der Waals surface area contributed by atoms with Gasteiger partial charge in [0.05, 0.1) is 17.2 Å². The van der Waals surface area contributed by atoms with E-state index in [1.165, 1.54) is 16.7 Å². The zero-order valence-electron chi connectivity index (χ0n) is 17.4. The van der Waals surface area contributed by atoms with Gasteiger partial charge in [-0.05, 0) is 36.8 Å². The van der Waals surface area contributed by atoms with Gasteiger partial charge in [0.1, 0.15) is 15.8 Å². The van der Waals surface area contributed by atoms with Gasteiger partial charge < -0.3 is 4.74 Å². The van der Waals surface area contributed by atoms with Gasteiger partial charge in [-0.2, -0.15) is 5.10 Å². The molecule has 0 N–H and O–H groups in total. The molecule has 7 heteroatoms. The zero-order valence-corrected chi connectivity index (χ0v) is 19.1. The van der Waals surface area contributed by atoms with Crippen LogP contribution in [0.3, 0.4) is 0 Å². The second kappa shape index (κ2) is 9.49. The van der Waals surface area contributed by atoms with Crippen LogP contribution in [0.1, 0.15) is 25.3 Å². The van der Waals surface area contributed by atoms with E-state index in [0.29, 0.717) is 15.8 Å². The molecule has 1 amide bonds. The van der Waals surface area contributed by atoms with Crippen molar-refractivity contribution in [3.8, 4) is 22.7 Å². The molecule has 1 aromatic heterocycles. The van der Waals surface area contributed by atoms with E-state index < -0.39 is 0 Å². The minimum atomic E-state index is -0.0925. The third-order valence-electron chi connectivity index (χ3n) is 4.91. The van der Waals surface area contributed by atoms with Gasteiger partial charge in [-0.15, -0.1) is 0 Å². The van der Waals surface area contributed by atoms with E-state index in [-0.39, 0.29) is 5.91 Å². The summed E-state index contributed by atoms with van der Waals surface area (Å²) in [5, 5.41) is 4.84. The molecule has 0 spiro atoms. The number of amides is 1. The SMILES string of the molecule is CCCCOc1cccc(-c2nn(-c3ccccc3)cc2C=C2SC(=S)N(C)C2=O)c1. The van der Waals surface area contributed by atoms with Crippen molar-refractivity contribution in [2.45, 2.75) is 19.8 Å². The van der Waals surface area contributed by atoms with Crippen LogP contribution in [0.2, 0.25) is 0 Å². The van der Waals surface area contributed by atoms with E-state index in [0.717, 1.165) is 41.1 Å². The Kier molecular flexibility index (Phi) is 6.53. The van der Waals surface area contributed by atoms with Crippen molar-refractivity contribution < 1.29 is 9.53 Å². The minimum Gasteiger partial charge on any atom is -0.494 e. The molecule has 0 radical (unpaired) electrons. The Hall–Kier alpha value is -2.90. The van der Waals surface area contributed by atoms with Crippen LogP contribution in [-0.4, -0.2) is 38.6 Å². The van der Waals surface area contributed by atoms with Gasteiger partial charge in [0.15, 0.2) is 0 Å². The summed E-state index contributed by atoms with van der Waals surface area (Å²) in [6, 6.07) is 17.8. The normalized spacial score (nSPS) is 15.2. The highest BCUT2D eigenvalue weighted by Gasteiger charge is 2.29. The first kappa shape index (κ1) is 21.3. The molecule has 0 unspecified atom stereocenters. The van der Waals surface area contributed by atoms with Gasteiger partial charge in [-0.25, -0.2) is 4.68 Å². The van der Waals surface area contributed by atoms with Crippen LogP contribution in [0.5, 0.6) is 5.75 Å². The maximum atomic E-state index is 12.5. The van der Waals surface area contributed by atoms with E-state index in [2.05, 4.69) is 6.92 Å². The predicted octanol–water partition coefficient (Wildman–Crippen LogP) is 5.55. The molecule has 1 saturated heterocycles. The fraction of sp³-hybridized carbons (Fsp3) is 0.208.